The van der Waals surface area contributed by atoms with E-state index in [2.05, 4.69) is 11.9 Å². The molecule has 0 saturated carbocycles. The lowest BCUT2D eigenvalue weighted by molar-refractivity contribution is 0.0587. The van der Waals surface area contributed by atoms with E-state index in [1.807, 2.05) is 4.90 Å². The smallest absolute Gasteiger partial charge is 0.255 e. The normalized spacial score (nSPS) is 26.6. The van der Waals surface area contributed by atoms with Gasteiger partial charge in [-0.05, 0) is 44.0 Å². The zero-order valence-corrected chi connectivity index (χ0v) is 12.2. The molecule has 2 bridgehead atoms. The molecule has 0 unspecified atom stereocenters. The van der Waals surface area contributed by atoms with E-state index in [1.54, 1.807) is 0 Å². The monoisotopic (exact) mass is 296 g/mol. The lowest BCUT2D eigenvalue weighted by atomic mass is 9.94. The van der Waals surface area contributed by atoms with Crippen LogP contribution in [0.5, 0.6) is 0 Å². The van der Waals surface area contributed by atoms with E-state index in [9.17, 15) is 9.18 Å². The number of carbonyl (C=O) groups is 1. The molecule has 1 aromatic carbocycles. The van der Waals surface area contributed by atoms with E-state index in [-0.39, 0.29) is 17.0 Å². The summed E-state index contributed by atoms with van der Waals surface area (Å²) < 4.78 is 13.1. The number of nitrogens with zero attached hydrogens (tertiary/aromatic N) is 2. The zero-order chi connectivity index (χ0) is 14.3. The molecule has 1 aromatic rings. The van der Waals surface area contributed by atoms with E-state index in [0.717, 1.165) is 26.1 Å². The maximum absolute atomic E-state index is 13.1. The molecule has 0 N–H and O–H groups in total. The fourth-order valence-electron chi connectivity index (χ4n) is 3.38. The minimum absolute atomic E-state index is 0.0694. The van der Waals surface area contributed by atoms with Crippen molar-refractivity contribution in [3.63, 3.8) is 0 Å². The number of rotatable bonds is 1. The number of amides is 1. The fraction of sp³-hybridized carbons (Fsp3) is 0.533. The van der Waals surface area contributed by atoms with Crippen LogP contribution in [0.2, 0.25) is 5.02 Å². The summed E-state index contributed by atoms with van der Waals surface area (Å²) in [5.74, 6) is 0.0468. The predicted octanol–water partition coefficient (Wildman–Crippen LogP) is 2.65. The quantitative estimate of drug-likeness (QED) is 0.795. The van der Waals surface area contributed by atoms with Gasteiger partial charge in [-0.3, -0.25) is 4.79 Å². The van der Waals surface area contributed by atoms with Gasteiger partial charge in [-0.25, -0.2) is 4.39 Å². The topological polar surface area (TPSA) is 23.6 Å². The van der Waals surface area contributed by atoms with Gasteiger partial charge in [0.05, 0.1) is 10.6 Å². The molecule has 2 atom stereocenters. The number of fused-ring (bicyclic) bond motifs is 4. The van der Waals surface area contributed by atoms with Gasteiger partial charge in [0, 0.05) is 25.7 Å². The van der Waals surface area contributed by atoms with Crippen molar-refractivity contribution in [3.8, 4) is 0 Å². The molecule has 108 valence electrons. The fourth-order valence-corrected chi connectivity index (χ4v) is 3.63. The zero-order valence-electron chi connectivity index (χ0n) is 11.5. The molecule has 0 aliphatic carbocycles. The maximum atomic E-state index is 13.1. The molecular formula is C15H18ClFN2O. The van der Waals surface area contributed by atoms with Crippen molar-refractivity contribution in [2.75, 3.05) is 26.7 Å². The Morgan fingerprint density at radius 1 is 1.30 bits per heavy atom. The number of benzene rings is 1. The number of piperidine rings is 1. The maximum Gasteiger partial charge on any atom is 0.255 e. The summed E-state index contributed by atoms with van der Waals surface area (Å²) in [6, 6.07) is 4.23. The first-order valence-electron chi connectivity index (χ1n) is 6.99. The highest BCUT2D eigenvalue weighted by atomic mass is 35.5. The Bertz CT molecular complexity index is 537. The molecular weight excluding hydrogens is 279 g/mol. The van der Waals surface area contributed by atoms with Gasteiger partial charge in [0.2, 0.25) is 0 Å². The van der Waals surface area contributed by atoms with Crippen LogP contribution in [-0.4, -0.2) is 48.4 Å². The van der Waals surface area contributed by atoms with Gasteiger partial charge in [-0.2, -0.15) is 0 Å². The van der Waals surface area contributed by atoms with Gasteiger partial charge in [-0.15, -0.1) is 0 Å². The minimum atomic E-state index is -0.413. The molecule has 3 heterocycles. The molecule has 1 amide bonds. The van der Waals surface area contributed by atoms with Gasteiger partial charge in [0.1, 0.15) is 5.82 Å². The predicted molar refractivity (Wildman–Crippen MR) is 76.5 cm³/mol. The van der Waals surface area contributed by atoms with Crippen LogP contribution < -0.4 is 0 Å². The third kappa shape index (κ3) is 2.54. The van der Waals surface area contributed by atoms with Crippen LogP contribution in [0, 0.1) is 11.7 Å². The summed E-state index contributed by atoms with van der Waals surface area (Å²) in [7, 11) is 2.10. The molecule has 0 aromatic heterocycles. The summed E-state index contributed by atoms with van der Waals surface area (Å²) in [6.07, 6.45) is 2.22. The standard InChI is InChI=1S/C15H18ClFN2O/c1-18-7-10-2-4-12(9-18)19(8-10)15(20)13-5-3-11(17)6-14(13)16/h3,5-6,10,12H,2,4,7-9H2,1H3/t10-,12+/m1/s1. The first kappa shape index (κ1) is 13.8. The second kappa shape index (κ2) is 5.34. The molecule has 0 radical (unpaired) electrons. The Balaban J connectivity index is 1.87. The number of hydrogen-bond acceptors (Lipinski definition) is 2. The lowest BCUT2D eigenvalue weighted by Gasteiger charge is -2.36. The molecule has 3 aliphatic heterocycles. The van der Waals surface area contributed by atoms with E-state index >= 15 is 0 Å². The highest BCUT2D eigenvalue weighted by Gasteiger charge is 2.36. The second-order valence-electron chi connectivity index (χ2n) is 5.90. The van der Waals surface area contributed by atoms with Crippen molar-refractivity contribution < 1.29 is 9.18 Å². The van der Waals surface area contributed by atoms with Crippen LogP contribution >= 0.6 is 11.6 Å². The molecule has 20 heavy (non-hydrogen) atoms. The summed E-state index contributed by atoms with van der Waals surface area (Å²) in [4.78, 5) is 16.9. The first-order valence-corrected chi connectivity index (χ1v) is 7.37. The summed E-state index contributed by atoms with van der Waals surface area (Å²) in [5.41, 5.74) is 0.406. The van der Waals surface area contributed by atoms with Gasteiger partial charge in [0.15, 0.2) is 0 Å². The van der Waals surface area contributed by atoms with E-state index in [1.165, 1.54) is 24.6 Å². The van der Waals surface area contributed by atoms with Crippen LogP contribution in [0.1, 0.15) is 23.2 Å². The highest BCUT2D eigenvalue weighted by Crippen LogP contribution is 2.30. The van der Waals surface area contributed by atoms with Gasteiger partial charge >= 0.3 is 0 Å². The van der Waals surface area contributed by atoms with E-state index in [0.29, 0.717) is 11.5 Å². The van der Waals surface area contributed by atoms with Gasteiger partial charge in [-0.1, -0.05) is 11.6 Å². The van der Waals surface area contributed by atoms with Crippen LogP contribution in [-0.2, 0) is 0 Å². The number of halogens is 2. The average Bonchev–Trinajstić information content (AvgIpc) is 2.66. The molecule has 3 fully saturated rings. The third-order valence-electron chi connectivity index (χ3n) is 4.32. The van der Waals surface area contributed by atoms with Crippen molar-refractivity contribution in [1.82, 2.24) is 9.80 Å². The molecule has 3 nitrogen and oxygen atoms in total. The molecule has 3 aliphatic rings. The average molecular weight is 297 g/mol. The van der Waals surface area contributed by atoms with Crippen molar-refractivity contribution >= 4 is 17.5 Å². The Morgan fingerprint density at radius 3 is 2.85 bits per heavy atom. The summed E-state index contributed by atoms with van der Waals surface area (Å²) in [5, 5.41) is 0.198. The van der Waals surface area contributed by atoms with Crippen LogP contribution in [0.4, 0.5) is 4.39 Å². The van der Waals surface area contributed by atoms with E-state index < -0.39 is 5.82 Å². The molecule has 4 rings (SSSR count). The minimum Gasteiger partial charge on any atom is -0.334 e. The first-order chi connectivity index (χ1) is 9.54. The SMILES string of the molecule is CN1C[C@H]2CC[C@@H](C1)N(C(=O)c1ccc(F)cc1Cl)C2. The Labute approximate surface area is 123 Å². The summed E-state index contributed by atoms with van der Waals surface area (Å²) in [6.45, 7) is 2.72. The second-order valence-corrected chi connectivity index (χ2v) is 6.31. The largest absolute Gasteiger partial charge is 0.334 e. The Hall–Kier alpha value is -1.13. The molecule has 5 heteroatoms. The summed E-state index contributed by atoms with van der Waals surface area (Å²) >= 11 is 6.02. The molecule has 0 spiro atoms. The van der Waals surface area contributed by atoms with Gasteiger partial charge < -0.3 is 9.80 Å². The Morgan fingerprint density at radius 2 is 2.10 bits per heavy atom. The highest BCUT2D eigenvalue weighted by molar-refractivity contribution is 6.33. The lowest BCUT2D eigenvalue weighted by Crippen LogP contribution is -2.47. The van der Waals surface area contributed by atoms with Crippen molar-refractivity contribution in [3.05, 3.63) is 34.6 Å². The van der Waals surface area contributed by atoms with Crippen molar-refractivity contribution in [1.29, 1.82) is 0 Å². The number of carbonyl (C=O) groups excluding carboxylic acids is 1. The van der Waals surface area contributed by atoms with Crippen LogP contribution in [0.15, 0.2) is 18.2 Å². The van der Waals surface area contributed by atoms with E-state index in [4.69, 9.17) is 11.6 Å². The van der Waals surface area contributed by atoms with Crippen molar-refractivity contribution in [2.24, 2.45) is 5.92 Å². The molecule has 3 saturated heterocycles. The van der Waals surface area contributed by atoms with Gasteiger partial charge in [0.25, 0.3) is 5.91 Å². The number of likely N-dealkylation sites (N-methyl/N-ethyl adjacent to an activating group) is 1. The van der Waals surface area contributed by atoms with Crippen molar-refractivity contribution in [2.45, 2.75) is 18.9 Å². The third-order valence-corrected chi connectivity index (χ3v) is 4.63. The van der Waals surface area contributed by atoms with Crippen LogP contribution in [0.3, 0.4) is 0 Å². The van der Waals surface area contributed by atoms with Crippen LogP contribution in [0.25, 0.3) is 0 Å². The Kier molecular flexibility index (Phi) is 3.69. The number of hydrogen-bond donors (Lipinski definition) is 0.